The molecule has 20 heavy (non-hydrogen) atoms. The first kappa shape index (κ1) is 12.7. The number of hydrogen-bond acceptors (Lipinski definition) is 3. The molecule has 3 rings (SSSR count). The lowest BCUT2D eigenvalue weighted by molar-refractivity contribution is -0.130. The molecule has 0 fully saturated rings. The Kier molecular flexibility index (Phi) is 2.95. The van der Waals surface area contributed by atoms with Crippen molar-refractivity contribution in [3.05, 3.63) is 47.0 Å². The highest BCUT2D eigenvalue weighted by Gasteiger charge is 2.40. The van der Waals surface area contributed by atoms with Gasteiger partial charge in [-0.25, -0.2) is 0 Å². The fraction of sp³-hybridized carbons (Fsp3) is 0.235. The maximum absolute atomic E-state index is 12.2. The van der Waals surface area contributed by atoms with E-state index in [9.17, 15) is 15.0 Å². The predicted octanol–water partition coefficient (Wildman–Crippen LogP) is 0.784. The SMILES string of the molecule is O=C1C2=CCCC1(O)C#Cc1ccccc1C#C[C@H]2O. The van der Waals surface area contributed by atoms with Crippen LogP contribution in [0, 0.1) is 23.7 Å². The first-order valence-electron chi connectivity index (χ1n) is 6.39. The number of Topliss-reactive ketones (excluding diaryl/α,β-unsaturated/α-hetero) is 1. The van der Waals surface area contributed by atoms with Crippen LogP contribution in [-0.4, -0.2) is 27.7 Å². The monoisotopic (exact) mass is 264 g/mol. The molecule has 2 bridgehead atoms. The maximum Gasteiger partial charge on any atom is 0.206 e. The molecule has 98 valence electrons. The van der Waals surface area contributed by atoms with Crippen molar-refractivity contribution in [1.29, 1.82) is 0 Å². The highest BCUT2D eigenvalue weighted by atomic mass is 16.3. The van der Waals surface area contributed by atoms with Gasteiger partial charge in [-0.2, -0.15) is 0 Å². The van der Waals surface area contributed by atoms with Crippen molar-refractivity contribution in [2.24, 2.45) is 0 Å². The summed E-state index contributed by atoms with van der Waals surface area (Å²) in [6.07, 6.45) is 1.17. The smallest absolute Gasteiger partial charge is 0.206 e. The van der Waals surface area contributed by atoms with Gasteiger partial charge in [-0.05, 0) is 25.0 Å². The third-order valence-corrected chi connectivity index (χ3v) is 3.48. The van der Waals surface area contributed by atoms with Crippen LogP contribution < -0.4 is 0 Å². The molecule has 0 saturated carbocycles. The minimum atomic E-state index is -1.73. The molecule has 0 amide bonds. The average molecular weight is 264 g/mol. The lowest BCUT2D eigenvalue weighted by Crippen LogP contribution is -2.42. The van der Waals surface area contributed by atoms with Crippen molar-refractivity contribution in [1.82, 2.24) is 0 Å². The van der Waals surface area contributed by atoms with Crippen molar-refractivity contribution in [3.63, 3.8) is 0 Å². The van der Waals surface area contributed by atoms with Crippen LogP contribution in [0.3, 0.4) is 0 Å². The summed E-state index contributed by atoms with van der Waals surface area (Å²) >= 11 is 0. The zero-order valence-electron chi connectivity index (χ0n) is 10.7. The molecule has 2 atom stereocenters. The van der Waals surface area contributed by atoms with Crippen molar-refractivity contribution in [2.75, 3.05) is 0 Å². The molecule has 0 aliphatic heterocycles. The van der Waals surface area contributed by atoms with Crippen LogP contribution in [-0.2, 0) is 4.79 Å². The van der Waals surface area contributed by atoms with Crippen LogP contribution in [0.1, 0.15) is 24.0 Å². The molecule has 3 heteroatoms. The van der Waals surface area contributed by atoms with Gasteiger partial charge in [0.25, 0.3) is 0 Å². The minimum absolute atomic E-state index is 0.139. The number of benzene rings is 1. The predicted molar refractivity (Wildman–Crippen MR) is 73.5 cm³/mol. The number of allylic oxidation sites excluding steroid dienone is 1. The molecule has 2 N–H and O–H groups in total. The Labute approximate surface area is 116 Å². The van der Waals surface area contributed by atoms with Gasteiger partial charge >= 0.3 is 0 Å². The fourth-order valence-electron chi connectivity index (χ4n) is 2.33. The molecule has 0 heterocycles. The van der Waals surface area contributed by atoms with Gasteiger partial charge in [-0.1, -0.05) is 41.9 Å². The zero-order valence-corrected chi connectivity index (χ0v) is 10.7. The standard InChI is InChI=1S/C17H12O3/c18-15-8-7-12-4-1-2-5-13(12)9-11-17(20)10-3-6-14(15)16(17)19/h1-2,4-6,15,18,20H,3,10H2/t15-,17?/m1/s1. The van der Waals surface area contributed by atoms with Gasteiger partial charge in [-0.15, -0.1) is 0 Å². The Hall–Kier alpha value is -2.33. The Morgan fingerprint density at radius 1 is 1.20 bits per heavy atom. The van der Waals surface area contributed by atoms with E-state index in [4.69, 9.17) is 0 Å². The van der Waals surface area contributed by atoms with Crippen molar-refractivity contribution in [2.45, 2.75) is 24.5 Å². The maximum atomic E-state index is 12.2. The minimum Gasteiger partial charge on any atom is -0.376 e. The normalized spacial score (nSPS) is 27.2. The molecule has 2 aliphatic rings. The summed E-state index contributed by atoms with van der Waals surface area (Å²) in [7, 11) is 0. The second-order valence-corrected chi connectivity index (χ2v) is 4.85. The molecular formula is C17H12O3. The molecule has 1 unspecified atom stereocenters. The van der Waals surface area contributed by atoms with Gasteiger partial charge in [0, 0.05) is 16.7 Å². The highest BCUT2D eigenvalue weighted by Crippen LogP contribution is 2.27. The van der Waals surface area contributed by atoms with Gasteiger partial charge < -0.3 is 10.2 Å². The van der Waals surface area contributed by atoms with Crippen molar-refractivity contribution in [3.8, 4) is 23.7 Å². The summed E-state index contributed by atoms with van der Waals surface area (Å²) in [4.78, 5) is 12.2. The van der Waals surface area contributed by atoms with Gasteiger partial charge in [0.05, 0.1) is 0 Å². The number of carbonyl (C=O) groups is 1. The summed E-state index contributed by atoms with van der Waals surface area (Å²) in [6, 6.07) is 7.21. The fourth-order valence-corrected chi connectivity index (χ4v) is 2.33. The van der Waals surface area contributed by atoms with Crippen LogP contribution >= 0.6 is 0 Å². The molecule has 1 aromatic carbocycles. The highest BCUT2D eigenvalue weighted by molar-refractivity contribution is 6.06. The first-order chi connectivity index (χ1) is 9.60. The van der Waals surface area contributed by atoms with E-state index in [1.54, 1.807) is 18.2 Å². The second kappa shape index (κ2) is 4.65. The average Bonchev–Trinajstić information content (AvgIpc) is 2.45. The van der Waals surface area contributed by atoms with E-state index in [2.05, 4.69) is 23.7 Å². The summed E-state index contributed by atoms with van der Waals surface area (Å²) < 4.78 is 0. The largest absolute Gasteiger partial charge is 0.376 e. The molecule has 0 radical (unpaired) electrons. The van der Waals surface area contributed by atoms with E-state index in [0.29, 0.717) is 17.5 Å². The molecule has 2 aliphatic carbocycles. The van der Waals surface area contributed by atoms with E-state index in [-0.39, 0.29) is 12.0 Å². The van der Waals surface area contributed by atoms with E-state index in [1.807, 2.05) is 12.1 Å². The number of carbonyl (C=O) groups excluding carboxylic acids is 1. The number of aliphatic hydroxyl groups is 2. The lowest BCUT2D eigenvalue weighted by Gasteiger charge is -2.26. The number of fused-ring (bicyclic) bond motifs is 3. The van der Waals surface area contributed by atoms with Gasteiger partial charge in [0.1, 0.15) is 6.10 Å². The third-order valence-electron chi connectivity index (χ3n) is 3.48. The van der Waals surface area contributed by atoms with Crippen molar-refractivity contribution >= 4 is 5.78 Å². The van der Waals surface area contributed by atoms with Crippen LogP contribution in [0.2, 0.25) is 0 Å². The van der Waals surface area contributed by atoms with E-state index < -0.39 is 17.5 Å². The Balaban J connectivity index is 2.23. The van der Waals surface area contributed by atoms with Crippen LogP contribution in [0.15, 0.2) is 35.9 Å². The summed E-state index contributed by atoms with van der Waals surface area (Å²) in [6.45, 7) is 0. The van der Waals surface area contributed by atoms with Gasteiger partial charge in [0.15, 0.2) is 5.60 Å². The number of ketones is 1. The first-order valence-corrected chi connectivity index (χ1v) is 6.39. The van der Waals surface area contributed by atoms with Crippen LogP contribution in [0.5, 0.6) is 0 Å². The zero-order chi connectivity index (χ0) is 14.2. The van der Waals surface area contributed by atoms with Gasteiger partial charge in [0.2, 0.25) is 5.78 Å². The molecular weight excluding hydrogens is 252 g/mol. The van der Waals surface area contributed by atoms with E-state index in [1.165, 1.54) is 0 Å². The van der Waals surface area contributed by atoms with E-state index in [0.717, 1.165) is 0 Å². The molecule has 0 aromatic heterocycles. The quantitative estimate of drug-likeness (QED) is 0.681. The third kappa shape index (κ3) is 2.04. The van der Waals surface area contributed by atoms with Crippen LogP contribution in [0.25, 0.3) is 0 Å². The van der Waals surface area contributed by atoms with Gasteiger partial charge in [-0.3, -0.25) is 4.79 Å². The summed E-state index contributed by atoms with van der Waals surface area (Å²) in [5.41, 5.74) is -0.265. The lowest BCUT2D eigenvalue weighted by atomic mass is 9.81. The van der Waals surface area contributed by atoms with E-state index >= 15 is 0 Å². The molecule has 3 nitrogen and oxygen atoms in total. The number of aliphatic hydroxyl groups excluding tert-OH is 1. The Morgan fingerprint density at radius 3 is 2.65 bits per heavy atom. The Bertz CT molecular complexity index is 737. The number of rotatable bonds is 0. The second-order valence-electron chi connectivity index (χ2n) is 4.85. The topological polar surface area (TPSA) is 57.5 Å². The van der Waals surface area contributed by atoms with Crippen molar-refractivity contribution < 1.29 is 15.0 Å². The summed E-state index contributed by atoms with van der Waals surface area (Å²) in [5, 5.41) is 20.4. The molecule has 0 saturated heterocycles. The molecule has 0 spiro atoms. The number of hydrogen-bond donors (Lipinski definition) is 2. The molecule has 1 aromatic rings. The van der Waals surface area contributed by atoms with Crippen LogP contribution in [0.4, 0.5) is 0 Å². The Morgan fingerprint density at radius 2 is 1.90 bits per heavy atom. The summed E-state index contributed by atoms with van der Waals surface area (Å²) in [5.74, 6) is 10.4.